The Kier molecular flexibility index (Phi) is 19.6. The molecule has 18 nitrogen and oxygen atoms in total. The first kappa shape index (κ1) is 48.6. The van der Waals surface area contributed by atoms with Gasteiger partial charge >= 0.3 is 11.9 Å². The second kappa shape index (κ2) is 23.7. The van der Waals surface area contributed by atoms with E-state index in [9.17, 15) is 39.6 Å². The number of nitrogens with zero attached hydrogens (tertiary/aromatic N) is 2. The van der Waals surface area contributed by atoms with Gasteiger partial charge in [0, 0.05) is 43.7 Å². The highest BCUT2D eigenvalue weighted by atomic mass is 16.7. The fourth-order valence-electron chi connectivity index (χ4n) is 5.09. The molecule has 0 spiro atoms. The van der Waals surface area contributed by atoms with E-state index in [1.807, 2.05) is 20.8 Å². The molecule has 1 aliphatic rings. The van der Waals surface area contributed by atoms with E-state index in [0.717, 1.165) is 11.4 Å². The zero-order chi connectivity index (χ0) is 43.6. The van der Waals surface area contributed by atoms with Gasteiger partial charge in [-0.15, -0.1) is 0 Å². The van der Waals surface area contributed by atoms with Crippen LogP contribution in [0, 0.1) is 17.3 Å². The number of carboxylic acid groups (broad SMARTS) is 1. The molecule has 326 valence electrons. The summed E-state index contributed by atoms with van der Waals surface area (Å²) in [7, 11) is 0. The Labute approximate surface area is 344 Å². The maximum absolute atomic E-state index is 13.3. The van der Waals surface area contributed by atoms with Crippen LogP contribution >= 0.6 is 0 Å². The van der Waals surface area contributed by atoms with Crippen LogP contribution in [0.4, 0.5) is 0 Å². The van der Waals surface area contributed by atoms with Crippen LogP contribution in [0.15, 0.2) is 30.6 Å². The van der Waals surface area contributed by atoms with Crippen molar-refractivity contribution in [1.82, 2.24) is 20.6 Å². The van der Waals surface area contributed by atoms with Crippen molar-refractivity contribution in [3.05, 3.63) is 53.1 Å². The fraction of sp³-hybridized carbons (Fsp3) is 0.610. The Balaban J connectivity index is 1.31. The van der Waals surface area contributed by atoms with Gasteiger partial charge in [-0.3, -0.25) is 14.4 Å². The molecule has 5 atom stereocenters. The average molecular weight is 831 g/mol. The number of carbonyl (C=O) groups excluding carboxylic acids is 3. The number of benzene rings is 1. The number of ether oxygens (including phenoxy) is 6. The molecule has 0 bridgehead atoms. The van der Waals surface area contributed by atoms with Gasteiger partial charge in [0.1, 0.15) is 36.5 Å². The summed E-state index contributed by atoms with van der Waals surface area (Å²) in [6, 6.07) is 4.23. The van der Waals surface area contributed by atoms with Gasteiger partial charge in [0.2, 0.25) is 12.2 Å². The number of hydrogen-bond acceptors (Lipinski definition) is 15. The molecule has 0 saturated carbocycles. The summed E-state index contributed by atoms with van der Waals surface area (Å²) in [5.74, 6) is 3.90. The third kappa shape index (κ3) is 16.8. The van der Waals surface area contributed by atoms with Gasteiger partial charge in [-0.2, -0.15) is 0 Å². The van der Waals surface area contributed by atoms with Crippen molar-refractivity contribution in [2.24, 2.45) is 5.41 Å². The minimum Gasteiger partial charge on any atom is -0.479 e. The second-order valence-corrected chi connectivity index (χ2v) is 15.7. The second-order valence-electron chi connectivity index (χ2n) is 15.7. The Morgan fingerprint density at radius 3 is 2.03 bits per heavy atom. The molecule has 59 heavy (non-hydrogen) atoms. The third-order valence-electron chi connectivity index (χ3n) is 8.43. The van der Waals surface area contributed by atoms with E-state index in [4.69, 9.17) is 28.4 Å². The van der Waals surface area contributed by atoms with E-state index >= 15 is 0 Å². The van der Waals surface area contributed by atoms with E-state index in [-0.39, 0.29) is 55.6 Å². The molecule has 0 radical (unpaired) electrons. The van der Waals surface area contributed by atoms with E-state index in [0.29, 0.717) is 51.2 Å². The summed E-state index contributed by atoms with van der Waals surface area (Å²) in [6.07, 6.45) is -4.38. The molecular formula is C41H58N4O14. The number of carbonyl (C=O) groups is 4. The monoisotopic (exact) mass is 830 g/mol. The number of aliphatic hydroxyl groups excluding tert-OH is 3. The molecule has 3 rings (SSSR count). The first-order valence-electron chi connectivity index (χ1n) is 19.4. The van der Waals surface area contributed by atoms with Crippen LogP contribution < -0.4 is 15.4 Å². The molecule has 1 saturated heterocycles. The molecular weight excluding hydrogens is 772 g/mol. The van der Waals surface area contributed by atoms with Crippen molar-refractivity contribution in [3.8, 4) is 17.6 Å². The molecule has 1 aliphatic heterocycles. The Bertz CT molecular complexity index is 1730. The lowest BCUT2D eigenvalue weighted by Gasteiger charge is -2.38. The molecule has 6 N–H and O–H groups in total. The predicted molar refractivity (Wildman–Crippen MR) is 210 cm³/mol. The molecule has 1 aromatic carbocycles. The zero-order valence-corrected chi connectivity index (χ0v) is 34.5. The van der Waals surface area contributed by atoms with Crippen molar-refractivity contribution in [2.75, 3.05) is 52.7 Å². The highest BCUT2D eigenvalue weighted by molar-refractivity contribution is 5.97. The predicted octanol–water partition coefficient (Wildman–Crippen LogP) is 1.25. The van der Waals surface area contributed by atoms with E-state index in [1.165, 1.54) is 18.2 Å². The molecule has 18 heteroatoms. The molecule has 0 aliphatic carbocycles. The Hall–Kier alpha value is -4.74. The molecule has 0 unspecified atom stereocenters. The van der Waals surface area contributed by atoms with Crippen molar-refractivity contribution < 1.29 is 68.0 Å². The van der Waals surface area contributed by atoms with Crippen LogP contribution in [0.3, 0.4) is 0 Å². The highest BCUT2D eigenvalue weighted by Gasteiger charge is 2.48. The molecule has 1 aromatic heterocycles. The first-order valence-corrected chi connectivity index (χ1v) is 19.4. The highest BCUT2D eigenvalue weighted by Crippen LogP contribution is 2.28. The maximum atomic E-state index is 13.3. The maximum Gasteiger partial charge on any atom is 0.335 e. The quantitative estimate of drug-likeness (QED) is 0.0588. The number of aliphatic hydroxyl groups is 3. The Morgan fingerprint density at radius 1 is 0.831 bits per heavy atom. The molecule has 1 fully saturated rings. The van der Waals surface area contributed by atoms with Crippen LogP contribution in [-0.2, 0) is 50.1 Å². The largest absolute Gasteiger partial charge is 0.479 e. The molecule has 2 aromatic rings. The van der Waals surface area contributed by atoms with Gasteiger partial charge in [0.15, 0.2) is 6.10 Å². The van der Waals surface area contributed by atoms with Gasteiger partial charge in [-0.05, 0) is 44.9 Å². The van der Waals surface area contributed by atoms with Crippen molar-refractivity contribution in [3.63, 3.8) is 0 Å². The van der Waals surface area contributed by atoms with Gasteiger partial charge in [0.25, 0.3) is 5.91 Å². The van der Waals surface area contributed by atoms with Gasteiger partial charge in [-0.25, -0.2) is 14.8 Å². The van der Waals surface area contributed by atoms with Crippen LogP contribution in [0.1, 0.15) is 88.1 Å². The van der Waals surface area contributed by atoms with E-state index in [2.05, 4.69) is 32.4 Å². The third-order valence-corrected chi connectivity index (χ3v) is 8.43. The minimum absolute atomic E-state index is 0.0694. The lowest BCUT2D eigenvalue weighted by atomic mass is 9.96. The minimum atomic E-state index is -1.93. The Morgan fingerprint density at radius 2 is 1.44 bits per heavy atom. The van der Waals surface area contributed by atoms with Gasteiger partial charge in [0.05, 0.1) is 56.2 Å². The van der Waals surface area contributed by atoms with Gasteiger partial charge < -0.3 is 59.5 Å². The number of esters is 1. The number of nitrogens with one attached hydrogen (secondary N) is 2. The van der Waals surface area contributed by atoms with Crippen LogP contribution in [-0.4, -0.2) is 138 Å². The first-order chi connectivity index (χ1) is 27.9. The van der Waals surface area contributed by atoms with Gasteiger partial charge in [-0.1, -0.05) is 38.7 Å². The number of amides is 2. The summed E-state index contributed by atoms with van der Waals surface area (Å²) >= 11 is 0. The van der Waals surface area contributed by atoms with Crippen molar-refractivity contribution in [2.45, 2.75) is 104 Å². The number of aliphatic carboxylic acids is 1. The summed E-state index contributed by atoms with van der Waals surface area (Å²) in [4.78, 5) is 57.9. The number of unbranched alkanes of at least 4 members (excludes halogenated alkanes) is 1. The lowest BCUT2D eigenvalue weighted by Crippen LogP contribution is -2.61. The molecule has 2 heterocycles. The number of aromatic nitrogens is 2. The van der Waals surface area contributed by atoms with Crippen molar-refractivity contribution in [1.29, 1.82) is 0 Å². The van der Waals surface area contributed by atoms with Crippen LogP contribution in [0.5, 0.6) is 5.75 Å². The summed E-state index contributed by atoms with van der Waals surface area (Å²) in [5, 5.41) is 45.5. The lowest BCUT2D eigenvalue weighted by molar-refractivity contribution is -0.271. The standard InChI is InChI=1S/C41H58N4O14/c1-40(2,3)38-44-23-27(24-45-38)10-8-7-9-11-30(46)42-14-16-54-18-20-56-21-19-55-17-15-43-35(50)28-22-26(25-57-39(53)41(4,5)6)12-13-29(28)58-37-33(49)31(47)32(48)34(59-37)36(51)52/h12-13,22-24,31-34,37,47-49H,7,9,11,14-21,25H2,1-6H3,(H,42,46)(H,43,50)(H,51,52)/t31-,32-,33+,34-,37+/m0/s1. The normalized spacial score (nSPS) is 19.2. The summed E-state index contributed by atoms with van der Waals surface area (Å²) in [6.45, 7) is 13.1. The smallest absolute Gasteiger partial charge is 0.335 e. The van der Waals surface area contributed by atoms with Crippen LogP contribution in [0.25, 0.3) is 0 Å². The van der Waals surface area contributed by atoms with E-state index in [1.54, 1.807) is 33.2 Å². The van der Waals surface area contributed by atoms with E-state index < -0.39 is 54.0 Å². The van der Waals surface area contributed by atoms with Crippen LogP contribution in [0.2, 0.25) is 0 Å². The number of carboxylic acids is 1. The zero-order valence-electron chi connectivity index (χ0n) is 34.5. The number of rotatable bonds is 21. The molecule has 2 amide bonds. The fourth-order valence-corrected chi connectivity index (χ4v) is 5.09. The number of hydrogen-bond donors (Lipinski definition) is 6. The van der Waals surface area contributed by atoms with Crippen molar-refractivity contribution >= 4 is 23.8 Å². The SMILES string of the molecule is CC(C)(C)C(=O)OCc1ccc(O[C@@H]2O[C@H](C(=O)O)[C@@H](O)[C@H](O)[C@H]2O)c(C(=O)NCCOCCOCCOCCNC(=O)CCCC#Cc2cnc(C(C)(C)C)nc2)c1. The topological polar surface area (TPSA) is 254 Å². The average Bonchev–Trinajstić information content (AvgIpc) is 3.18. The summed E-state index contributed by atoms with van der Waals surface area (Å²) in [5.41, 5.74) is 0.202. The summed E-state index contributed by atoms with van der Waals surface area (Å²) < 4.78 is 32.7.